The first-order valence-electron chi connectivity index (χ1n) is 12.7. The summed E-state index contributed by atoms with van der Waals surface area (Å²) in [5, 5.41) is 2.30. The molecule has 0 spiro atoms. The van der Waals surface area contributed by atoms with Crippen molar-refractivity contribution < 1.29 is 19.1 Å². The Morgan fingerprint density at radius 1 is 0.943 bits per heavy atom. The Balaban J connectivity index is 1.25. The van der Waals surface area contributed by atoms with Crippen LogP contribution in [0, 0.1) is 11.8 Å². The third kappa shape index (κ3) is 5.14. The van der Waals surface area contributed by atoms with Crippen molar-refractivity contribution in [2.75, 3.05) is 26.2 Å². The van der Waals surface area contributed by atoms with Gasteiger partial charge in [0.05, 0.1) is 0 Å². The van der Waals surface area contributed by atoms with Gasteiger partial charge in [0.25, 0.3) is 0 Å². The molecular formula is C28H35N3O4. The highest BCUT2D eigenvalue weighted by atomic mass is 16.6. The molecule has 3 amide bonds. The van der Waals surface area contributed by atoms with Gasteiger partial charge >= 0.3 is 6.09 Å². The van der Waals surface area contributed by atoms with Crippen LogP contribution < -0.4 is 0 Å². The number of piperidine rings is 2. The molecule has 0 radical (unpaired) electrons. The molecule has 3 aliphatic rings. The van der Waals surface area contributed by atoms with Crippen LogP contribution in [0.2, 0.25) is 0 Å². The van der Waals surface area contributed by atoms with Gasteiger partial charge in [-0.25, -0.2) is 4.79 Å². The highest BCUT2D eigenvalue weighted by Gasteiger charge is 2.43. The van der Waals surface area contributed by atoms with Gasteiger partial charge in [0, 0.05) is 39.1 Å². The van der Waals surface area contributed by atoms with E-state index in [1.165, 1.54) is 0 Å². The predicted octanol–water partition coefficient (Wildman–Crippen LogP) is 4.05. The van der Waals surface area contributed by atoms with Crippen LogP contribution in [-0.4, -0.2) is 70.4 Å². The summed E-state index contributed by atoms with van der Waals surface area (Å²) in [5.41, 5.74) is 0.523. The molecule has 0 saturated carbocycles. The monoisotopic (exact) mass is 477 g/mol. The fourth-order valence-corrected chi connectivity index (χ4v) is 5.87. The van der Waals surface area contributed by atoms with Crippen LogP contribution in [0.5, 0.6) is 0 Å². The zero-order valence-corrected chi connectivity index (χ0v) is 20.9. The molecule has 3 heterocycles. The zero-order valence-electron chi connectivity index (χ0n) is 20.9. The first-order chi connectivity index (χ1) is 16.7. The topological polar surface area (TPSA) is 70.2 Å². The summed E-state index contributed by atoms with van der Waals surface area (Å²) in [6.45, 7) is 8.56. The summed E-state index contributed by atoms with van der Waals surface area (Å²) in [4.78, 5) is 44.5. The summed E-state index contributed by atoms with van der Waals surface area (Å²) in [6.07, 6.45) is 1.74. The van der Waals surface area contributed by atoms with Crippen molar-refractivity contribution >= 4 is 28.7 Å². The largest absolute Gasteiger partial charge is 0.444 e. The van der Waals surface area contributed by atoms with Gasteiger partial charge < -0.3 is 19.4 Å². The average molecular weight is 478 g/mol. The minimum absolute atomic E-state index is 0.0461. The minimum atomic E-state index is -0.519. The fraction of sp³-hybridized carbons (Fsp3) is 0.536. The van der Waals surface area contributed by atoms with Crippen molar-refractivity contribution in [2.45, 2.75) is 58.2 Å². The molecule has 3 atom stereocenters. The summed E-state index contributed by atoms with van der Waals surface area (Å²) in [6, 6.07) is 14.0. The van der Waals surface area contributed by atoms with E-state index < -0.39 is 11.6 Å². The van der Waals surface area contributed by atoms with Crippen molar-refractivity contribution in [2.24, 2.45) is 11.8 Å². The van der Waals surface area contributed by atoms with Gasteiger partial charge in [-0.05, 0) is 67.9 Å². The molecule has 7 nitrogen and oxygen atoms in total. The minimum Gasteiger partial charge on any atom is -0.444 e. The molecule has 2 aromatic rings. The summed E-state index contributed by atoms with van der Waals surface area (Å²) >= 11 is 0. The van der Waals surface area contributed by atoms with E-state index in [4.69, 9.17) is 4.74 Å². The van der Waals surface area contributed by atoms with Gasteiger partial charge in [0.2, 0.25) is 11.8 Å². The third-order valence-electron chi connectivity index (χ3n) is 7.32. The number of hydrogen-bond acceptors (Lipinski definition) is 4. The lowest BCUT2D eigenvalue weighted by atomic mass is 9.84. The summed E-state index contributed by atoms with van der Waals surface area (Å²) < 4.78 is 5.57. The van der Waals surface area contributed by atoms with E-state index in [1.807, 2.05) is 43.9 Å². The van der Waals surface area contributed by atoms with Gasteiger partial charge in [-0.3, -0.25) is 9.59 Å². The molecule has 3 fully saturated rings. The molecular weight excluding hydrogens is 442 g/mol. The van der Waals surface area contributed by atoms with E-state index in [9.17, 15) is 14.4 Å². The first kappa shape index (κ1) is 23.6. The second-order valence-electron chi connectivity index (χ2n) is 11.4. The molecule has 0 aliphatic carbocycles. The molecule has 5 rings (SSSR count). The number of hydrogen-bond donors (Lipinski definition) is 0. The number of carbonyl (C=O) groups excluding carboxylic acids is 3. The third-order valence-corrected chi connectivity index (χ3v) is 7.32. The second-order valence-corrected chi connectivity index (χ2v) is 11.4. The Kier molecular flexibility index (Phi) is 6.20. The molecule has 186 valence electrons. The highest BCUT2D eigenvalue weighted by molar-refractivity contribution is 5.91. The SMILES string of the molecule is CC(C)(C)OC(=O)N1CC2CC(C1)CN(C(=O)[C@@H]1CCC(=O)N1Cc1ccc3ccccc3c1)C2. The lowest BCUT2D eigenvalue weighted by Crippen LogP contribution is -2.58. The smallest absolute Gasteiger partial charge is 0.410 e. The Labute approximate surface area is 207 Å². The van der Waals surface area contributed by atoms with Crippen molar-refractivity contribution in [3.8, 4) is 0 Å². The highest BCUT2D eigenvalue weighted by Crippen LogP contribution is 2.32. The maximum absolute atomic E-state index is 13.6. The number of benzene rings is 2. The number of fused-ring (bicyclic) bond motifs is 3. The summed E-state index contributed by atoms with van der Waals surface area (Å²) in [5.74, 6) is 0.580. The maximum atomic E-state index is 13.6. The molecule has 2 bridgehead atoms. The van der Waals surface area contributed by atoms with Crippen LogP contribution in [0.25, 0.3) is 10.8 Å². The predicted molar refractivity (Wildman–Crippen MR) is 134 cm³/mol. The average Bonchev–Trinajstić information content (AvgIpc) is 3.16. The van der Waals surface area contributed by atoms with Crippen molar-refractivity contribution in [1.82, 2.24) is 14.7 Å². The van der Waals surface area contributed by atoms with Crippen LogP contribution in [0.1, 0.15) is 45.6 Å². The van der Waals surface area contributed by atoms with E-state index >= 15 is 0 Å². The maximum Gasteiger partial charge on any atom is 0.410 e. The number of ether oxygens (including phenoxy) is 1. The summed E-state index contributed by atoms with van der Waals surface area (Å²) in [7, 11) is 0. The van der Waals surface area contributed by atoms with Gasteiger partial charge in [-0.1, -0.05) is 36.4 Å². The van der Waals surface area contributed by atoms with Crippen LogP contribution >= 0.6 is 0 Å². The number of likely N-dealkylation sites (tertiary alicyclic amines) is 3. The number of carbonyl (C=O) groups is 3. The van der Waals surface area contributed by atoms with Crippen molar-refractivity contribution in [3.05, 3.63) is 48.0 Å². The van der Waals surface area contributed by atoms with E-state index in [1.54, 1.807) is 9.80 Å². The molecule has 7 heteroatoms. The number of rotatable bonds is 3. The quantitative estimate of drug-likeness (QED) is 0.669. The second kappa shape index (κ2) is 9.17. The van der Waals surface area contributed by atoms with Gasteiger partial charge in [0.1, 0.15) is 11.6 Å². The lowest BCUT2D eigenvalue weighted by molar-refractivity contribution is -0.145. The number of nitrogens with zero attached hydrogens (tertiary/aromatic N) is 3. The molecule has 35 heavy (non-hydrogen) atoms. The van der Waals surface area contributed by atoms with Gasteiger partial charge in [-0.2, -0.15) is 0 Å². The molecule has 0 aromatic heterocycles. The molecule has 0 N–H and O–H groups in total. The molecule has 3 aliphatic heterocycles. The Hall–Kier alpha value is -3.09. The Morgan fingerprint density at radius 3 is 2.29 bits per heavy atom. The van der Waals surface area contributed by atoms with Crippen molar-refractivity contribution in [1.29, 1.82) is 0 Å². The number of amides is 3. The van der Waals surface area contributed by atoms with E-state index in [2.05, 4.69) is 24.3 Å². The normalized spacial score (nSPS) is 24.7. The first-order valence-corrected chi connectivity index (χ1v) is 12.7. The van der Waals surface area contributed by atoms with Crippen LogP contribution in [-0.2, 0) is 20.9 Å². The molecule has 2 unspecified atom stereocenters. The van der Waals surface area contributed by atoms with E-state index in [0.717, 1.165) is 22.8 Å². The Bertz CT molecular complexity index is 1130. The van der Waals surface area contributed by atoms with Crippen LogP contribution in [0.4, 0.5) is 4.79 Å². The standard InChI is InChI=1S/C28H35N3O4/c1-28(2,3)35-27(34)30-16-20-12-21(17-30)15-29(14-20)26(33)24-10-11-25(32)31(24)18-19-8-9-22-6-4-5-7-23(22)13-19/h4-9,13,20-21,24H,10-12,14-18H2,1-3H3/t20?,21?,24-/m0/s1. The van der Waals surface area contributed by atoms with E-state index in [-0.39, 0.29) is 29.7 Å². The van der Waals surface area contributed by atoms with Crippen molar-refractivity contribution in [3.63, 3.8) is 0 Å². The van der Waals surface area contributed by atoms with E-state index in [0.29, 0.717) is 45.6 Å². The Morgan fingerprint density at radius 2 is 1.60 bits per heavy atom. The molecule has 3 saturated heterocycles. The lowest BCUT2D eigenvalue weighted by Gasteiger charge is -2.46. The zero-order chi connectivity index (χ0) is 24.7. The van der Waals surface area contributed by atoms with Crippen LogP contribution in [0.3, 0.4) is 0 Å². The van der Waals surface area contributed by atoms with Crippen LogP contribution in [0.15, 0.2) is 42.5 Å². The fourth-order valence-electron chi connectivity index (χ4n) is 5.87. The van der Waals surface area contributed by atoms with Gasteiger partial charge in [-0.15, -0.1) is 0 Å². The molecule has 2 aromatic carbocycles. The van der Waals surface area contributed by atoms with Gasteiger partial charge in [0.15, 0.2) is 0 Å².